The fourth-order valence-corrected chi connectivity index (χ4v) is 4.13. The predicted molar refractivity (Wildman–Crippen MR) is 86.6 cm³/mol. The number of hydrogen-bond donors (Lipinski definition) is 0. The van der Waals surface area contributed by atoms with Crippen LogP contribution in [-0.2, 0) is 11.2 Å². The zero-order valence-corrected chi connectivity index (χ0v) is 11.6. The second-order valence-electron chi connectivity index (χ2n) is 4.92. The van der Waals surface area contributed by atoms with E-state index in [4.69, 9.17) is 0 Å². The largest absolute Gasteiger partial charge is 0.303 e. The topological polar surface area (TPSA) is 17.1 Å². The molecular formula is C18H12OS. The maximum absolute atomic E-state index is 11.1. The summed E-state index contributed by atoms with van der Waals surface area (Å²) in [5.74, 6) is 0. The van der Waals surface area contributed by atoms with E-state index in [9.17, 15) is 4.79 Å². The first kappa shape index (κ1) is 11.6. The molecule has 0 N–H and O–H groups in total. The Labute approximate surface area is 120 Å². The Morgan fingerprint density at radius 2 is 1.65 bits per heavy atom. The molecule has 4 aromatic rings. The van der Waals surface area contributed by atoms with Crippen molar-refractivity contribution in [2.75, 3.05) is 0 Å². The van der Waals surface area contributed by atoms with Gasteiger partial charge in [-0.05, 0) is 28.5 Å². The summed E-state index contributed by atoms with van der Waals surface area (Å²) in [5.41, 5.74) is 1.16. The molecule has 0 spiro atoms. The molecule has 0 aliphatic rings. The average Bonchev–Trinajstić information content (AvgIpc) is 2.85. The maximum Gasteiger partial charge on any atom is 0.124 e. The van der Waals surface area contributed by atoms with Crippen LogP contribution in [0.4, 0.5) is 0 Å². The number of thiophene rings is 1. The van der Waals surface area contributed by atoms with Gasteiger partial charge < -0.3 is 4.79 Å². The number of carbonyl (C=O) groups excluding carboxylic acids is 1. The van der Waals surface area contributed by atoms with Crippen LogP contribution in [0.5, 0.6) is 0 Å². The number of benzene rings is 3. The first-order chi connectivity index (χ1) is 9.88. The smallest absolute Gasteiger partial charge is 0.124 e. The lowest BCUT2D eigenvalue weighted by Gasteiger charge is -2.06. The predicted octanol–water partition coefficient (Wildman–Crippen LogP) is 4.95. The van der Waals surface area contributed by atoms with Crippen molar-refractivity contribution >= 4 is 48.6 Å². The van der Waals surface area contributed by atoms with Gasteiger partial charge in [-0.15, -0.1) is 11.3 Å². The molecule has 0 aliphatic carbocycles. The third-order valence-corrected chi connectivity index (χ3v) is 4.90. The van der Waals surface area contributed by atoms with Crippen LogP contribution >= 0.6 is 11.3 Å². The van der Waals surface area contributed by atoms with Crippen molar-refractivity contribution in [3.05, 3.63) is 60.2 Å². The molecule has 0 amide bonds. The Morgan fingerprint density at radius 1 is 0.900 bits per heavy atom. The van der Waals surface area contributed by atoms with Crippen molar-refractivity contribution in [3.8, 4) is 0 Å². The van der Waals surface area contributed by atoms with E-state index < -0.39 is 0 Å². The molecule has 1 aromatic heterocycles. The van der Waals surface area contributed by atoms with Crippen molar-refractivity contribution < 1.29 is 4.79 Å². The normalized spacial score (nSPS) is 11.4. The number of aldehydes is 1. The van der Waals surface area contributed by atoms with Crippen LogP contribution in [0.25, 0.3) is 30.9 Å². The SMILES string of the molecule is O=CCc1c2ccccc2cc2sc3ccccc3c12. The van der Waals surface area contributed by atoms with Crippen LogP contribution < -0.4 is 0 Å². The van der Waals surface area contributed by atoms with Crippen LogP contribution in [0.3, 0.4) is 0 Å². The summed E-state index contributed by atoms with van der Waals surface area (Å²) in [7, 11) is 0. The highest BCUT2D eigenvalue weighted by atomic mass is 32.1. The molecule has 1 nitrogen and oxygen atoms in total. The second kappa shape index (κ2) is 4.43. The lowest BCUT2D eigenvalue weighted by molar-refractivity contribution is -0.107. The Morgan fingerprint density at radius 3 is 2.50 bits per heavy atom. The molecule has 0 unspecified atom stereocenters. The summed E-state index contributed by atoms with van der Waals surface area (Å²) >= 11 is 1.80. The van der Waals surface area contributed by atoms with Gasteiger partial charge in [-0.25, -0.2) is 0 Å². The van der Waals surface area contributed by atoms with E-state index in [1.54, 1.807) is 11.3 Å². The number of carbonyl (C=O) groups is 1. The first-order valence-electron chi connectivity index (χ1n) is 6.64. The van der Waals surface area contributed by atoms with Crippen molar-refractivity contribution in [2.24, 2.45) is 0 Å². The molecule has 96 valence electrons. The van der Waals surface area contributed by atoms with E-state index in [1.807, 2.05) is 12.1 Å². The second-order valence-corrected chi connectivity index (χ2v) is 6.00. The lowest BCUT2D eigenvalue weighted by Crippen LogP contribution is -1.89. The molecule has 0 fully saturated rings. The highest BCUT2D eigenvalue weighted by Crippen LogP contribution is 2.39. The van der Waals surface area contributed by atoms with Gasteiger partial charge in [-0.3, -0.25) is 0 Å². The lowest BCUT2D eigenvalue weighted by atomic mass is 9.97. The standard InChI is InChI=1S/C18H12OS/c19-10-9-14-13-6-2-1-5-12(13)11-17-18(14)15-7-3-4-8-16(15)20-17/h1-8,10-11H,9H2. The van der Waals surface area contributed by atoms with Crippen molar-refractivity contribution in [3.63, 3.8) is 0 Å². The summed E-state index contributed by atoms with van der Waals surface area (Å²) in [6, 6.07) is 19.0. The quantitative estimate of drug-likeness (QED) is 0.473. The minimum atomic E-state index is 0.471. The average molecular weight is 276 g/mol. The monoisotopic (exact) mass is 276 g/mol. The summed E-state index contributed by atoms with van der Waals surface area (Å²) in [4.78, 5) is 11.1. The highest BCUT2D eigenvalue weighted by Gasteiger charge is 2.12. The fraction of sp³-hybridized carbons (Fsp3) is 0.0556. The molecule has 3 aromatic carbocycles. The van der Waals surface area contributed by atoms with E-state index in [0.717, 1.165) is 11.8 Å². The summed E-state index contributed by atoms with van der Waals surface area (Å²) < 4.78 is 2.55. The number of hydrogen-bond acceptors (Lipinski definition) is 2. The van der Waals surface area contributed by atoms with Crippen molar-refractivity contribution in [2.45, 2.75) is 6.42 Å². The first-order valence-corrected chi connectivity index (χ1v) is 7.45. The summed E-state index contributed by atoms with van der Waals surface area (Å²) in [6.45, 7) is 0. The van der Waals surface area contributed by atoms with Gasteiger partial charge in [0.05, 0.1) is 0 Å². The van der Waals surface area contributed by atoms with Gasteiger partial charge in [0.25, 0.3) is 0 Å². The molecule has 2 heteroatoms. The van der Waals surface area contributed by atoms with Gasteiger partial charge in [0.2, 0.25) is 0 Å². The van der Waals surface area contributed by atoms with Crippen molar-refractivity contribution in [1.29, 1.82) is 0 Å². The molecule has 0 radical (unpaired) electrons. The van der Waals surface area contributed by atoms with E-state index in [2.05, 4.69) is 42.5 Å². The summed E-state index contributed by atoms with van der Waals surface area (Å²) in [5, 5.41) is 4.91. The van der Waals surface area contributed by atoms with Gasteiger partial charge in [-0.2, -0.15) is 0 Å². The Balaban J connectivity index is 2.29. The van der Waals surface area contributed by atoms with E-state index in [1.165, 1.54) is 30.9 Å². The van der Waals surface area contributed by atoms with Crippen LogP contribution in [0.15, 0.2) is 54.6 Å². The van der Waals surface area contributed by atoms with Gasteiger partial charge in [0.15, 0.2) is 0 Å². The third kappa shape index (κ3) is 1.58. The van der Waals surface area contributed by atoms with Crippen LogP contribution in [0.2, 0.25) is 0 Å². The van der Waals surface area contributed by atoms with Gasteiger partial charge in [-0.1, -0.05) is 42.5 Å². The van der Waals surface area contributed by atoms with E-state index >= 15 is 0 Å². The van der Waals surface area contributed by atoms with Crippen molar-refractivity contribution in [1.82, 2.24) is 0 Å². The van der Waals surface area contributed by atoms with Crippen LogP contribution in [0.1, 0.15) is 5.56 Å². The molecule has 4 rings (SSSR count). The van der Waals surface area contributed by atoms with E-state index in [-0.39, 0.29) is 0 Å². The van der Waals surface area contributed by atoms with Crippen LogP contribution in [-0.4, -0.2) is 6.29 Å². The maximum atomic E-state index is 11.1. The Hall–Kier alpha value is -2.19. The molecule has 20 heavy (non-hydrogen) atoms. The van der Waals surface area contributed by atoms with Gasteiger partial charge in [0, 0.05) is 26.6 Å². The molecule has 0 atom stereocenters. The molecule has 0 bridgehead atoms. The summed E-state index contributed by atoms with van der Waals surface area (Å²) in [6.07, 6.45) is 1.48. The fourth-order valence-electron chi connectivity index (χ4n) is 2.95. The molecule has 0 saturated heterocycles. The third-order valence-electron chi connectivity index (χ3n) is 3.78. The minimum Gasteiger partial charge on any atom is -0.303 e. The van der Waals surface area contributed by atoms with Gasteiger partial charge in [0.1, 0.15) is 6.29 Å². The minimum absolute atomic E-state index is 0.471. The highest BCUT2D eigenvalue weighted by molar-refractivity contribution is 7.25. The number of fused-ring (bicyclic) bond motifs is 4. The molecule has 1 heterocycles. The Kier molecular flexibility index (Phi) is 2.57. The van der Waals surface area contributed by atoms with E-state index in [0.29, 0.717) is 6.42 Å². The number of rotatable bonds is 2. The Bertz CT molecular complexity index is 950. The molecule has 0 saturated carbocycles. The molecular weight excluding hydrogens is 264 g/mol. The zero-order chi connectivity index (χ0) is 13.5. The zero-order valence-electron chi connectivity index (χ0n) is 10.8. The molecule has 0 aliphatic heterocycles. The van der Waals surface area contributed by atoms with Gasteiger partial charge >= 0.3 is 0 Å². The van der Waals surface area contributed by atoms with Crippen LogP contribution in [0, 0.1) is 0 Å².